The van der Waals surface area contributed by atoms with Crippen molar-refractivity contribution in [3.63, 3.8) is 0 Å². The second kappa shape index (κ2) is 7.38. The maximum atomic E-state index is 12.6. The highest BCUT2D eigenvalue weighted by molar-refractivity contribution is 5.92. The van der Waals surface area contributed by atoms with E-state index in [1.165, 1.54) is 0 Å². The molecule has 2 aromatic rings. The van der Waals surface area contributed by atoms with Crippen molar-refractivity contribution < 1.29 is 9.53 Å². The maximum absolute atomic E-state index is 12.6. The first-order chi connectivity index (χ1) is 11.7. The van der Waals surface area contributed by atoms with E-state index in [2.05, 4.69) is 20.9 Å². The van der Waals surface area contributed by atoms with Crippen molar-refractivity contribution in [3.8, 4) is 5.75 Å². The third-order valence-electron chi connectivity index (χ3n) is 4.27. The molecule has 0 saturated carbocycles. The molecule has 1 aromatic carbocycles. The molecule has 1 N–H and O–H groups in total. The summed E-state index contributed by atoms with van der Waals surface area (Å²) in [6, 6.07) is 8.07. The van der Waals surface area contributed by atoms with Crippen molar-refractivity contribution in [2.75, 3.05) is 37.7 Å². The fraction of sp³-hybridized carbons (Fsp3) is 0.444. The van der Waals surface area contributed by atoms with Gasteiger partial charge in [0.05, 0.1) is 18.5 Å². The first-order valence-corrected chi connectivity index (χ1v) is 8.52. The van der Waals surface area contributed by atoms with E-state index in [1.807, 2.05) is 36.9 Å². The Bertz CT molecular complexity index is 690. The summed E-state index contributed by atoms with van der Waals surface area (Å²) in [5.74, 6) is 1.78. The van der Waals surface area contributed by atoms with Crippen molar-refractivity contribution in [2.24, 2.45) is 0 Å². The summed E-state index contributed by atoms with van der Waals surface area (Å²) >= 11 is 0. The topological polar surface area (TPSA) is 61.5 Å². The van der Waals surface area contributed by atoms with Gasteiger partial charge >= 0.3 is 0 Å². The largest absolute Gasteiger partial charge is 0.492 e. The number of aryl methyl sites for hydroxylation is 1. The molecule has 1 aliphatic rings. The number of imidazole rings is 1. The fourth-order valence-corrected chi connectivity index (χ4v) is 2.97. The van der Waals surface area contributed by atoms with E-state index in [0.29, 0.717) is 25.4 Å². The van der Waals surface area contributed by atoms with Crippen molar-refractivity contribution in [1.29, 1.82) is 0 Å². The molecule has 1 amide bonds. The SMILES string of the molecule is CCOc1ccccc1N1CCN(C(=O)c2cnc(CC)[nH]2)CC1. The van der Waals surface area contributed by atoms with E-state index in [-0.39, 0.29) is 5.91 Å². The molecule has 0 radical (unpaired) electrons. The molecule has 0 atom stereocenters. The zero-order chi connectivity index (χ0) is 16.9. The zero-order valence-electron chi connectivity index (χ0n) is 14.3. The molecule has 1 aromatic heterocycles. The van der Waals surface area contributed by atoms with Gasteiger partial charge < -0.3 is 19.5 Å². The predicted octanol–water partition coefficient (Wildman–Crippen LogP) is 2.33. The third kappa shape index (κ3) is 3.37. The Hall–Kier alpha value is -2.50. The minimum atomic E-state index is 0.0277. The Morgan fingerprint density at radius 3 is 2.62 bits per heavy atom. The highest BCUT2D eigenvalue weighted by Gasteiger charge is 2.24. The van der Waals surface area contributed by atoms with Crippen LogP contribution in [0.25, 0.3) is 0 Å². The third-order valence-corrected chi connectivity index (χ3v) is 4.27. The lowest BCUT2D eigenvalue weighted by Gasteiger charge is -2.36. The molecule has 24 heavy (non-hydrogen) atoms. The summed E-state index contributed by atoms with van der Waals surface area (Å²) in [6.07, 6.45) is 2.44. The number of anilines is 1. The van der Waals surface area contributed by atoms with E-state index < -0.39 is 0 Å². The van der Waals surface area contributed by atoms with E-state index in [4.69, 9.17) is 4.74 Å². The first-order valence-electron chi connectivity index (χ1n) is 8.52. The van der Waals surface area contributed by atoms with E-state index in [9.17, 15) is 4.79 Å². The molecule has 2 heterocycles. The Morgan fingerprint density at radius 2 is 1.96 bits per heavy atom. The van der Waals surface area contributed by atoms with Gasteiger partial charge in [0.25, 0.3) is 5.91 Å². The van der Waals surface area contributed by atoms with Gasteiger partial charge in [-0.2, -0.15) is 0 Å². The Morgan fingerprint density at radius 1 is 1.21 bits per heavy atom. The van der Waals surface area contributed by atoms with Crippen LogP contribution in [0.5, 0.6) is 5.75 Å². The number of aromatic nitrogens is 2. The molecule has 6 heteroatoms. The number of para-hydroxylation sites is 2. The summed E-state index contributed by atoms with van der Waals surface area (Å²) in [4.78, 5) is 24.0. The number of aromatic amines is 1. The van der Waals surface area contributed by atoms with Gasteiger partial charge in [-0.25, -0.2) is 4.98 Å². The summed E-state index contributed by atoms with van der Waals surface area (Å²) < 4.78 is 5.71. The van der Waals surface area contributed by atoms with Gasteiger partial charge in [-0.15, -0.1) is 0 Å². The summed E-state index contributed by atoms with van der Waals surface area (Å²) in [5.41, 5.74) is 1.68. The number of H-pyrrole nitrogens is 1. The Kier molecular flexibility index (Phi) is 5.03. The molecule has 128 valence electrons. The number of amides is 1. The highest BCUT2D eigenvalue weighted by Crippen LogP contribution is 2.28. The average Bonchev–Trinajstić information content (AvgIpc) is 3.11. The van der Waals surface area contributed by atoms with Crippen molar-refractivity contribution in [2.45, 2.75) is 20.3 Å². The van der Waals surface area contributed by atoms with Crippen LogP contribution in [0.15, 0.2) is 30.5 Å². The molecule has 3 rings (SSSR count). The van der Waals surface area contributed by atoms with Crippen LogP contribution in [-0.2, 0) is 6.42 Å². The molecule has 1 fully saturated rings. The van der Waals surface area contributed by atoms with Gasteiger partial charge in [0.15, 0.2) is 0 Å². The van der Waals surface area contributed by atoms with Crippen LogP contribution in [0, 0.1) is 0 Å². The highest BCUT2D eigenvalue weighted by atomic mass is 16.5. The second-order valence-corrected chi connectivity index (χ2v) is 5.78. The van der Waals surface area contributed by atoms with Gasteiger partial charge in [0.1, 0.15) is 17.3 Å². The number of hydrogen-bond acceptors (Lipinski definition) is 4. The number of rotatable bonds is 5. The molecule has 0 bridgehead atoms. The van der Waals surface area contributed by atoms with Gasteiger partial charge in [-0.05, 0) is 19.1 Å². The molecule has 0 spiro atoms. The molecule has 1 aliphatic heterocycles. The van der Waals surface area contributed by atoms with E-state index in [1.54, 1.807) is 6.20 Å². The molecular weight excluding hydrogens is 304 g/mol. The zero-order valence-corrected chi connectivity index (χ0v) is 14.3. The number of piperazine rings is 1. The van der Waals surface area contributed by atoms with Gasteiger partial charge in [0, 0.05) is 32.6 Å². The Labute approximate surface area is 142 Å². The number of carbonyl (C=O) groups excluding carboxylic acids is 1. The maximum Gasteiger partial charge on any atom is 0.272 e. The van der Waals surface area contributed by atoms with Crippen LogP contribution < -0.4 is 9.64 Å². The fourth-order valence-electron chi connectivity index (χ4n) is 2.97. The second-order valence-electron chi connectivity index (χ2n) is 5.78. The van der Waals surface area contributed by atoms with Crippen molar-refractivity contribution in [3.05, 3.63) is 42.0 Å². The standard InChI is InChI=1S/C18H24N4O2/c1-3-17-19-13-14(20-17)18(23)22-11-9-21(10-12-22)15-7-5-6-8-16(15)24-4-2/h5-8,13H,3-4,9-12H2,1-2H3,(H,19,20). The molecule has 0 unspecified atom stereocenters. The van der Waals surface area contributed by atoms with Gasteiger partial charge in [-0.3, -0.25) is 4.79 Å². The average molecular weight is 328 g/mol. The van der Waals surface area contributed by atoms with Crippen LogP contribution in [0.4, 0.5) is 5.69 Å². The number of benzene rings is 1. The van der Waals surface area contributed by atoms with Crippen molar-refractivity contribution in [1.82, 2.24) is 14.9 Å². The van der Waals surface area contributed by atoms with Crippen LogP contribution in [-0.4, -0.2) is 53.6 Å². The van der Waals surface area contributed by atoms with Gasteiger partial charge in [0.2, 0.25) is 0 Å². The predicted molar refractivity (Wildman–Crippen MR) is 93.7 cm³/mol. The monoisotopic (exact) mass is 328 g/mol. The number of hydrogen-bond donors (Lipinski definition) is 1. The first kappa shape index (κ1) is 16.4. The number of carbonyl (C=O) groups is 1. The normalized spacial score (nSPS) is 14.8. The summed E-state index contributed by atoms with van der Waals surface area (Å²) in [7, 11) is 0. The summed E-state index contributed by atoms with van der Waals surface area (Å²) in [5, 5.41) is 0. The van der Waals surface area contributed by atoms with Crippen LogP contribution in [0.2, 0.25) is 0 Å². The van der Waals surface area contributed by atoms with Crippen LogP contribution in [0.3, 0.4) is 0 Å². The number of nitrogens with one attached hydrogen (secondary N) is 1. The van der Waals surface area contributed by atoms with E-state index >= 15 is 0 Å². The lowest BCUT2D eigenvalue weighted by molar-refractivity contribution is 0.0741. The van der Waals surface area contributed by atoms with Crippen LogP contribution >= 0.6 is 0 Å². The lowest BCUT2D eigenvalue weighted by atomic mass is 10.2. The van der Waals surface area contributed by atoms with Gasteiger partial charge in [-0.1, -0.05) is 19.1 Å². The van der Waals surface area contributed by atoms with E-state index in [0.717, 1.165) is 36.8 Å². The number of ether oxygens (including phenoxy) is 1. The smallest absolute Gasteiger partial charge is 0.272 e. The minimum Gasteiger partial charge on any atom is -0.492 e. The lowest BCUT2D eigenvalue weighted by Crippen LogP contribution is -2.49. The number of nitrogens with zero attached hydrogens (tertiary/aromatic N) is 3. The molecule has 0 aliphatic carbocycles. The molecule has 6 nitrogen and oxygen atoms in total. The summed E-state index contributed by atoms with van der Waals surface area (Å²) in [6.45, 7) is 7.63. The minimum absolute atomic E-state index is 0.0277. The Balaban J connectivity index is 1.64. The van der Waals surface area contributed by atoms with Crippen LogP contribution in [0.1, 0.15) is 30.2 Å². The quantitative estimate of drug-likeness (QED) is 0.915. The van der Waals surface area contributed by atoms with Crippen molar-refractivity contribution >= 4 is 11.6 Å². The molecule has 1 saturated heterocycles. The molecular formula is C18H24N4O2.